The first-order valence-electron chi connectivity index (χ1n) is 3.95. The van der Waals surface area contributed by atoms with Gasteiger partial charge in [0.25, 0.3) is 0 Å². The third-order valence-corrected chi connectivity index (χ3v) is 1.86. The maximum atomic E-state index is 10.8. The van der Waals surface area contributed by atoms with E-state index in [1.807, 2.05) is 0 Å². The van der Waals surface area contributed by atoms with E-state index in [0.29, 0.717) is 12.3 Å². The molecule has 0 fully saturated rings. The van der Waals surface area contributed by atoms with Gasteiger partial charge in [-0.25, -0.2) is 0 Å². The van der Waals surface area contributed by atoms with E-state index in [2.05, 4.69) is 18.6 Å². The molecule has 0 rings (SSSR count). The second-order valence-corrected chi connectivity index (χ2v) is 2.88. The minimum atomic E-state index is -0.449. The minimum Gasteiger partial charge on any atom is -0.468 e. The Labute approximate surface area is 67.9 Å². The van der Waals surface area contributed by atoms with Crippen LogP contribution >= 0.6 is 0 Å². The fourth-order valence-electron chi connectivity index (χ4n) is 0.848. The normalized spacial score (nSPS) is 15.6. The first kappa shape index (κ1) is 10.4. The maximum Gasteiger partial charge on any atom is 0.322 e. The summed E-state index contributed by atoms with van der Waals surface area (Å²) in [5.41, 5.74) is 5.53. The molecule has 0 aliphatic carbocycles. The lowest BCUT2D eigenvalue weighted by atomic mass is 10.0. The number of rotatable bonds is 4. The molecule has 3 heteroatoms. The number of esters is 1. The fourth-order valence-corrected chi connectivity index (χ4v) is 0.848. The molecule has 0 saturated carbocycles. The van der Waals surface area contributed by atoms with Crippen molar-refractivity contribution in [2.75, 3.05) is 7.11 Å². The summed E-state index contributed by atoms with van der Waals surface area (Å²) in [5, 5.41) is 0. The van der Waals surface area contributed by atoms with Gasteiger partial charge in [0.1, 0.15) is 6.04 Å². The molecule has 0 aliphatic rings. The Kier molecular flexibility index (Phi) is 4.86. The van der Waals surface area contributed by atoms with Crippen molar-refractivity contribution >= 4 is 5.97 Å². The Bertz CT molecular complexity index is 125. The third-order valence-electron chi connectivity index (χ3n) is 1.86. The molecule has 0 bridgehead atoms. The lowest BCUT2D eigenvalue weighted by Crippen LogP contribution is -2.33. The van der Waals surface area contributed by atoms with Gasteiger partial charge in [0.15, 0.2) is 0 Å². The van der Waals surface area contributed by atoms with E-state index < -0.39 is 6.04 Å². The molecule has 0 saturated heterocycles. The number of methoxy groups -OCH3 is 1. The summed E-state index contributed by atoms with van der Waals surface area (Å²) in [6.07, 6.45) is 1.76. The summed E-state index contributed by atoms with van der Waals surface area (Å²) >= 11 is 0. The van der Waals surface area contributed by atoms with Crippen LogP contribution in [0.2, 0.25) is 0 Å². The van der Waals surface area contributed by atoms with Crippen molar-refractivity contribution in [1.82, 2.24) is 0 Å². The molecule has 2 unspecified atom stereocenters. The summed E-state index contributed by atoms with van der Waals surface area (Å²) in [7, 11) is 1.36. The molecule has 66 valence electrons. The molecule has 0 aromatic carbocycles. The smallest absolute Gasteiger partial charge is 0.322 e. The first-order valence-corrected chi connectivity index (χ1v) is 3.95. The molecule has 0 aliphatic heterocycles. The molecule has 0 aromatic heterocycles. The van der Waals surface area contributed by atoms with Crippen molar-refractivity contribution in [3.63, 3.8) is 0 Å². The largest absolute Gasteiger partial charge is 0.468 e. The predicted molar refractivity (Wildman–Crippen MR) is 44.1 cm³/mol. The number of hydrogen-bond acceptors (Lipinski definition) is 3. The Morgan fingerprint density at radius 3 is 2.55 bits per heavy atom. The Hall–Kier alpha value is -0.570. The summed E-state index contributed by atoms with van der Waals surface area (Å²) in [6, 6.07) is -0.449. The van der Waals surface area contributed by atoms with Gasteiger partial charge in [0.2, 0.25) is 0 Å². The lowest BCUT2D eigenvalue weighted by molar-refractivity contribution is -0.142. The van der Waals surface area contributed by atoms with Crippen LogP contribution in [0.25, 0.3) is 0 Å². The standard InChI is InChI=1S/C8H17NO2/c1-4-6(2)5-7(9)8(10)11-3/h6-7H,4-5,9H2,1-3H3. The Balaban J connectivity index is 3.67. The molecular formula is C8H17NO2. The van der Waals surface area contributed by atoms with Gasteiger partial charge in [-0.1, -0.05) is 20.3 Å². The van der Waals surface area contributed by atoms with Crippen molar-refractivity contribution in [2.24, 2.45) is 11.7 Å². The number of carbonyl (C=O) groups is 1. The molecular weight excluding hydrogens is 142 g/mol. The number of nitrogens with two attached hydrogens (primary N) is 1. The minimum absolute atomic E-state index is 0.315. The zero-order chi connectivity index (χ0) is 8.85. The van der Waals surface area contributed by atoms with E-state index in [4.69, 9.17) is 5.73 Å². The fraction of sp³-hybridized carbons (Fsp3) is 0.875. The highest BCUT2D eigenvalue weighted by molar-refractivity contribution is 5.75. The van der Waals surface area contributed by atoms with E-state index >= 15 is 0 Å². The van der Waals surface area contributed by atoms with Crippen LogP contribution in [0.3, 0.4) is 0 Å². The monoisotopic (exact) mass is 159 g/mol. The topological polar surface area (TPSA) is 52.3 Å². The average Bonchev–Trinajstić information content (AvgIpc) is 2.02. The van der Waals surface area contributed by atoms with Crippen LogP contribution in [0.5, 0.6) is 0 Å². The van der Waals surface area contributed by atoms with Crippen LogP contribution in [-0.4, -0.2) is 19.1 Å². The lowest BCUT2D eigenvalue weighted by Gasteiger charge is -2.12. The quantitative estimate of drug-likeness (QED) is 0.621. The number of hydrogen-bond donors (Lipinski definition) is 1. The highest BCUT2D eigenvalue weighted by Gasteiger charge is 2.15. The third kappa shape index (κ3) is 3.98. The summed E-state index contributed by atoms with van der Waals surface area (Å²) in [4.78, 5) is 10.8. The van der Waals surface area contributed by atoms with Crippen LogP contribution in [-0.2, 0) is 9.53 Å². The number of ether oxygens (including phenoxy) is 1. The summed E-state index contributed by atoms with van der Waals surface area (Å²) < 4.78 is 4.49. The summed E-state index contributed by atoms with van der Waals surface area (Å²) in [5.74, 6) is 0.175. The van der Waals surface area contributed by atoms with Gasteiger partial charge in [0, 0.05) is 0 Å². The van der Waals surface area contributed by atoms with Gasteiger partial charge < -0.3 is 10.5 Å². The number of carbonyl (C=O) groups excluding carboxylic acids is 1. The van der Waals surface area contributed by atoms with Crippen LogP contribution in [0.4, 0.5) is 0 Å². The van der Waals surface area contributed by atoms with Gasteiger partial charge in [0.05, 0.1) is 7.11 Å². The van der Waals surface area contributed by atoms with Crippen LogP contribution in [0.1, 0.15) is 26.7 Å². The van der Waals surface area contributed by atoms with Crippen LogP contribution < -0.4 is 5.73 Å². The van der Waals surface area contributed by atoms with Crippen molar-refractivity contribution < 1.29 is 9.53 Å². The second-order valence-electron chi connectivity index (χ2n) is 2.88. The molecule has 0 amide bonds. The van der Waals surface area contributed by atoms with Crippen molar-refractivity contribution in [3.05, 3.63) is 0 Å². The molecule has 0 heterocycles. The Morgan fingerprint density at radius 1 is 1.64 bits per heavy atom. The van der Waals surface area contributed by atoms with E-state index in [-0.39, 0.29) is 5.97 Å². The molecule has 0 radical (unpaired) electrons. The maximum absolute atomic E-state index is 10.8. The van der Waals surface area contributed by atoms with Crippen molar-refractivity contribution in [1.29, 1.82) is 0 Å². The molecule has 0 aromatic rings. The highest BCUT2D eigenvalue weighted by atomic mass is 16.5. The van der Waals surface area contributed by atoms with Gasteiger partial charge >= 0.3 is 5.97 Å². The Morgan fingerprint density at radius 2 is 2.18 bits per heavy atom. The second kappa shape index (κ2) is 5.13. The molecule has 2 atom stereocenters. The molecule has 2 N–H and O–H groups in total. The first-order chi connectivity index (χ1) is 5.11. The zero-order valence-corrected chi connectivity index (χ0v) is 7.46. The van der Waals surface area contributed by atoms with Gasteiger partial charge in [-0.05, 0) is 12.3 Å². The molecule has 0 spiro atoms. The van der Waals surface area contributed by atoms with Crippen LogP contribution in [0, 0.1) is 5.92 Å². The van der Waals surface area contributed by atoms with E-state index in [1.165, 1.54) is 7.11 Å². The predicted octanol–water partition coefficient (Wildman–Crippen LogP) is 0.923. The summed E-state index contributed by atoms with van der Waals surface area (Å²) in [6.45, 7) is 4.15. The SMILES string of the molecule is CCC(C)CC(N)C(=O)OC. The van der Waals surface area contributed by atoms with Crippen molar-refractivity contribution in [2.45, 2.75) is 32.7 Å². The van der Waals surface area contributed by atoms with Gasteiger partial charge in [-0.2, -0.15) is 0 Å². The van der Waals surface area contributed by atoms with E-state index in [9.17, 15) is 4.79 Å². The van der Waals surface area contributed by atoms with Crippen LogP contribution in [0.15, 0.2) is 0 Å². The van der Waals surface area contributed by atoms with Gasteiger partial charge in [-0.3, -0.25) is 4.79 Å². The molecule has 3 nitrogen and oxygen atoms in total. The highest BCUT2D eigenvalue weighted by Crippen LogP contribution is 2.08. The van der Waals surface area contributed by atoms with Crippen molar-refractivity contribution in [3.8, 4) is 0 Å². The van der Waals surface area contributed by atoms with E-state index in [1.54, 1.807) is 0 Å². The van der Waals surface area contributed by atoms with Gasteiger partial charge in [-0.15, -0.1) is 0 Å². The zero-order valence-electron chi connectivity index (χ0n) is 7.46. The van der Waals surface area contributed by atoms with E-state index in [0.717, 1.165) is 6.42 Å². The molecule has 11 heavy (non-hydrogen) atoms. The average molecular weight is 159 g/mol.